The highest BCUT2D eigenvalue weighted by Gasteiger charge is 2.27. The molecule has 0 aliphatic carbocycles. The minimum atomic E-state index is 0.751. The molecule has 1 aliphatic heterocycles. The van der Waals surface area contributed by atoms with Gasteiger partial charge in [0.2, 0.25) is 0 Å². The summed E-state index contributed by atoms with van der Waals surface area (Å²) in [5.41, 5.74) is 3.82. The Kier molecular flexibility index (Phi) is 4.04. The van der Waals surface area contributed by atoms with E-state index in [1.165, 1.54) is 18.0 Å². The Morgan fingerprint density at radius 2 is 2.07 bits per heavy atom. The summed E-state index contributed by atoms with van der Waals surface area (Å²) < 4.78 is 8.02. The highest BCUT2D eigenvalue weighted by Crippen LogP contribution is 2.32. The van der Waals surface area contributed by atoms with Crippen LogP contribution in [-0.2, 0) is 7.05 Å². The maximum Gasteiger partial charge on any atom is 0.167 e. The Bertz CT molecular complexity index is 1130. The third kappa shape index (κ3) is 2.91. The van der Waals surface area contributed by atoms with E-state index < -0.39 is 0 Å². The summed E-state index contributed by atoms with van der Waals surface area (Å²) in [6.45, 7) is 6.34. The van der Waals surface area contributed by atoms with Crippen LogP contribution in [0.3, 0.4) is 0 Å². The van der Waals surface area contributed by atoms with Crippen LogP contribution in [0, 0.1) is 12.8 Å². The van der Waals surface area contributed by atoms with E-state index in [-0.39, 0.29) is 0 Å². The fraction of sp³-hybridized carbons (Fsp3) is 0.368. The lowest BCUT2D eigenvalue weighted by molar-refractivity contribution is 0.396. The summed E-state index contributed by atoms with van der Waals surface area (Å²) in [5, 5.41) is 13.4. The van der Waals surface area contributed by atoms with E-state index in [1.807, 2.05) is 43.1 Å². The normalized spacial score (nSPS) is 14.6. The molecule has 0 atom stereocenters. The van der Waals surface area contributed by atoms with Gasteiger partial charge >= 0.3 is 0 Å². The smallest absolute Gasteiger partial charge is 0.167 e. The maximum absolute atomic E-state index is 4.96. The van der Waals surface area contributed by atoms with E-state index >= 15 is 0 Å². The fourth-order valence-corrected chi connectivity index (χ4v) is 4.20. The van der Waals surface area contributed by atoms with Gasteiger partial charge in [-0.3, -0.25) is 4.68 Å². The van der Waals surface area contributed by atoms with E-state index in [0.717, 1.165) is 58.1 Å². The molecule has 144 valence electrons. The number of hydrogen-bond acceptors (Lipinski definition) is 7. The Morgan fingerprint density at radius 3 is 2.75 bits per heavy atom. The Hall–Kier alpha value is -2.94. The molecule has 5 heterocycles. The van der Waals surface area contributed by atoms with Crippen LogP contribution in [0.5, 0.6) is 0 Å². The van der Waals surface area contributed by atoms with Crippen molar-refractivity contribution in [1.82, 2.24) is 28.8 Å². The molecule has 28 heavy (non-hydrogen) atoms. The molecule has 1 N–H and O–H groups in total. The average Bonchev–Trinajstić information content (AvgIpc) is 3.34. The summed E-state index contributed by atoms with van der Waals surface area (Å²) >= 11 is 1.45. The minimum absolute atomic E-state index is 0.751. The van der Waals surface area contributed by atoms with Crippen LogP contribution in [-0.4, -0.2) is 41.8 Å². The molecule has 0 saturated carbocycles. The molecule has 8 nitrogen and oxygen atoms in total. The Morgan fingerprint density at radius 1 is 1.21 bits per heavy atom. The Balaban J connectivity index is 1.61. The van der Waals surface area contributed by atoms with Gasteiger partial charge in [-0.05, 0) is 36.9 Å². The van der Waals surface area contributed by atoms with Crippen molar-refractivity contribution in [2.24, 2.45) is 13.0 Å². The van der Waals surface area contributed by atoms with Crippen molar-refractivity contribution in [1.29, 1.82) is 0 Å². The van der Waals surface area contributed by atoms with E-state index in [4.69, 9.17) is 4.98 Å². The topological polar surface area (TPSA) is 76.2 Å². The first-order valence-electron chi connectivity index (χ1n) is 9.44. The monoisotopic (exact) mass is 394 g/mol. The SMILES string of the molecule is CCC1CN(c2cc(Nc3cc(C)ns3)n3ncc(-c4cnn(C)c4)c3n2)C1. The molecule has 5 rings (SSSR count). The number of hydrogen-bond donors (Lipinski definition) is 1. The molecule has 0 bridgehead atoms. The van der Waals surface area contributed by atoms with Gasteiger partial charge < -0.3 is 10.2 Å². The molecule has 0 radical (unpaired) electrons. The van der Waals surface area contributed by atoms with Crippen molar-refractivity contribution < 1.29 is 0 Å². The van der Waals surface area contributed by atoms with E-state index in [2.05, 4.69) is 37.8 Å². The van der Waals surface area contributed by atoms with Crippen LogP contribution in [0.1, 0.15) is 19.0 Å². The summed E-state index contributed by atoms with van der Waals surface area (Å²) in [4.78, 5) is 7.29. The predicted octanol–water partition coefficient (Wildman–Crippen LogP) is 3.48. The minimum Gasteiger partial charge on any atom is -0.356 e. The van der Waals surface area contributed by atoms with Crippen LogP contribution in [0.15, 0.2) is 30.7 Å². The van der Waals surface area contributed by atoms with E-state index in [9.17, 15) is 0 Å². The number of fused-ring (bicyclic) bond motifs is 1. The first kappa shape index (κ1) is 17.2. The number of nitrogens with zero attached hydrogens (tertiary/aromatic N) is 7. The second kappa shape index (κ2) is 6.59. The van der Waals surface area contributed by atoms with Crippen molar-refractivity contribution >= 4 is 33.8 Å². The van der Waals surface area contributed by atoms with E-state index in [1.54, 1.807) is 4.68 Å². The summed E-state index contributed by atoms with van der Waals surface area (Å²) in [7, 11) is 1.91. The van der Waals surface area contributed by atoms with Gasteiger partial charge in [-0.25, -0.2) is 4.98 Å². The number of rotatable bonds is 5. The van der Waals surface area contributed by atoms with Crippen LogP contribution >= 0.6 is 11.5 Å². The van der Waals surface area contributed by atoms with Crippen molar-refractivity contribution in [3.63, 3.8) is 0 Å². The molecule has 0 unspecified atom stereocenters. The first-order valence-corrected chi connectivity index (χ1v) is 10.2. The standard InChI is InChI=1S/C19H22N8S/c1-4-13-9-26(10-13)16-6-17(22-18-5-12(2)24-28-18)27-19(23-16)15(8-21-27)14-7-20-25(3)11-14/h5-8,11,13,22H,4,9-10H2,1-3H3. The highest BCUT2D eigenvalue weighted by molar-refractivity contribution is 7.10. The summed E-state index contributed by atoms with van der Waals surface area (Å²) in [6, 6.07) is 4.12. The molecule has 4 aromatic heterocycles. The molecular weight excluding hydrogens is 372 g/mol. The molecule has 4 aromatic rings. The number of aromatic nitrogens is 6. The molecule has 9 heteroatoms. The van der Waals surface area contributed by atoms with Crippen LogP contribution in [0.25, 0.3) is 16.8 Å². The maximum atomic E-state index is 4.96. The molecule has 1 fully saturated rings. The quantitative estimate of drug-likeness (QED) is 0.558. The van der Waals surface area contributed by atoms with Gasteiger partial charge in [0, 0.05) is 43.5 Å². The van der Waals surface area contributed by atoms with Gasteiger partial charge in [-0.15, -0.1) is 0 Å². The summed E-state index contributed by atoms with van der Waals surface area (Å²) in [5.74, 6) is 2.62. The lowest BCUT2D eigenvalue weighted by Gasteiger charge is -2.40. The lowest BCUT2D eigenvalue weighted by Crippen LogP contribution is -2.46. The van der Waals surface area contributed by atoms with Gasteiger partial charge in [0.15, 0.2) is 5.65 Å². The van der Waals surface area contributed by atoms with Crippen LogP contribution in [0.2, 0.25) is 0 Å². The molecule has 0 amide bonds. The first-order chi connectivity index (χ1) is 13.6. The van der Waals surface area contributed by atoms with Crippen molar-refractivity contribution in [2.45, 2.75) is 20.3 Å². The Labute approximate surface area is 167 Å². The van der Waals surface area contributed by atoms with Crippen molar-refractivity contribution in [2.75, 3.05) is 23.3 Å². The average molecular weight is 395 g/mol. The van der Waals surface area contributed by atoms with Gasteiger partial charge in [-0.2, -0.15) is 19.1 Å². The highest BCUT2D eigenvalue weighted by atomic mass is 32.1. The van der Waals surface area contributed by atoms with Gasteiger partial charge in [0.25, 0.3) is 0 Å². The number of aryl methyl sites for hydroxylation is 2. The van der Waals surface area contributed by atoms with Gasteiger partial charge in [-0.1, -0.05) is 6.92 Å². The molecule has 1 aliphatic rings. The molecule has 1 saturated heterocycles. The third-order valence-electron chi connectivity index (χ3n) is 5.21. The zero-order chi connectivity index (χ0) is 19.3. The lowest BCUT2D eigenvalue weighted by atomic mass is 9.97. The number of anilines is 3. The molecule has 0 aromatic carbocycles. The van der Waals surface area contributed by atoms with Gasteiger partial charge in [0.1, 0.15) is 16.6 Å². The third-order valence-corrected chi connectivity index (χ3v) is 6.01. The molecule has 0 spiro atoms. The zero-order valence-electron chi connectivity index (χ0n) is 16.1. The predicted molar refractivity (Wildman–Crippen MR) is 111 cm³/mol. The summed E-state index contributed by atoms with van der Waals surface area (Å²) in [6.07, 6.45) is 6.90. The number of nitrogens with one attached hydrogen (secondary N) is 1. The van der Waals surface area contributed by atoms with Crippen LogP contribution in [0.4, 0.5) is 16.6 Å². The van der Waals surface area contributed by atoms with Gasteiger partial charge in [0.05, 0.1) is 18.1 Å². The van der Waals surface area contributed by atoms with Crippen molar-refractivity contribution in [3.8, 4) is 11.1 Å². The molecular formula is C19H22N8S. The van der Waals surface area contributed by atoms with Crippen LogP contribution < -0.4 is 10.2 Å². The van der Waals surface area contributed by atoms with E-state index in [0.29, 0.717) is 0 Å². The second-order valence-corrected chi connectivity index (χ2v) is 8.14. The second-order valence-electron chi connectivity index (χ2n) is 7.33. The van der Waals surface area contributed by atoms with Crippen molar-refractivity contribution in [3.05, 3.63) is 36.4 Å². The largest absolute Gasteiger partial charge is 0.356 e. The zero-order valence-corrected chi connectivity index (χ0v) is 16.9. The fourth-order valence-electron chi connectivity index (χ4n) is 3.53.